The first kappa shape index (κ1) is 15.7. The molecule has 1 aliphatic rings. The number of carbonyl (C=O) groups excluding carboxylic acids is 2. The van der Waals surface area contributed by atoms with Crippen LogP contribution in [0.3, 0.4) is 0 Å². The number of thioether (sulfide) groups is 1. The molecule has 0 aromatic heterocycles. The first-order valence-electron chi connectivity index (χ1n) is 7.04. The van der Waals surface area contributed by atoms with Gasteiger partial charge in [-0.1, -0.05) is 36.0 Å². The van der Waals surface area contributed by atoms with Crippen LogP contribution in [0.1, 0.15) is 11.1 Å². The molecule has 0 aliphatic carbocycles. The van der Waals surface area contributed by atoms with Gasteiger partial charge in [0, 0.05) is 0 Å². The maximum absolute atomic E-state index is 12.9. The van der Waals surface area contributed by atoms with Gasteiger partial charge in [0.05, 0.1) is 11.8 Å². The minimum Gasteiger partial charge on any atom is -0.273 e. The quantitative estimate of drug-likeness (QED) is 0.855. The zero-order chi connectivity index (χ0) is 16.4. The number of amides is 2. The van der Waals surface area contributed by atoms with Gasteiger partial charge in [0.15, 0.2) is 0 Å². The highest BCUT2D eigenvalue weighted by atomic mass is 32.2. The van der Waals surface area contributed by atoms with Gasteiger partial charge in [-0.3, -0.25) is 14.5 Å². The molecular formula is C17H13F2NO2S. The molecule has 2 aromatic rings. The molecule has 3 rings (SSSR count). The lowest BCUT2D eigenvalue weighted by molar-refractivity contribution is -0.127. The van der Waals surface area contributed by atoms with Crippen LogP contribution in [-0.4, -0.2) is 21.3 Å². The van der Waals surface area contributed by atoms with Crippen molar-refractivity contribution in [3.8, 4) is 0 Å². The Bertz CT molecular complexity index is 731. The van der Waals surface area contributed by atoms with Crippen molar-refractivity contribution in [3.05, 3.63) is 71.3 Å². The fourth-order valence-corrected chi connectivity index (χ4v) is 3.41. The average Bonchev–Trinajstić information content (AvgIpc) is 2.79. The third kappa shape index (κ3) is 3.59. The molecule has 0 saturated carbocycles. The molecule has 0 radical (unpaired) electrons. The van der Waals surface area contributed by atoms with Crippen molar-refractivity contribution in [3.63, 3.8) is 0 Å². The molecule has 0 unspecified atom stereocenters. The lowest BCUT2D eigenvalue weighted by Gasteiger charge is -2.14. The van der Waals surface area contributed by atoms with Crippen LogP contribution in [0.25, 0.3) is 0 Å². The highest BCUT2D eigenvalue weighted by Gasteiger charge is 2.39. The first-order chi connectivity index (χ1) is 11.0. The minimum absolute atomic E-state index is 0.130. The number of benzene rings is 2. The monoisotopic (exact) mass is 333 g/mol. The second-order valence-electron chi connectivity index (χ2n) is 5.25. The van der Waals surface area contributed by atoms with E-state index in [1.807, 2.05) is 0 Å². The SMILES string of the molecule is O=C1S[C@H](Cc2ccc(F)cc2)C(=O)N1Cc1ccc(F)cc1. The molecule has 0 N–H and O–H groups in total. The molecule has 2 amide bonds. The molecule has 6 heteroatoms. The van der Waals surface area contributed by atoms with Gasteiger partial charge in [-0.2, -0.15) is 0 Å². The van der Waals surface area contributed by atoms with Gasteiger partial charge in [0.2, 0.25) is 5.91 Å². The van der Waals surface area contributed by atoms with E-state index in [1.165, 1.54) is 29.2 Å². The van der Waals surface area contributed by atoms with E-state index >= 15 is 0 Å². The Balaban J connectivity index is 1.69. The third-order valence-electron chi connectivity index (χ3n) is 3.59. The lowest BCUT2D eigenvalue weighted by Crippen LogP contribution is -2.31. The Hall–Kier alpha value is -2.21. The van der Waals surface area contributed by atoms with E-state index in [4.69, 9.17) is 0 Å². The van der Waals surface area contributed by atoms with Crippen LogP contribution >= 0.6 is 11.8 Å². The molecule has 1 fully saturated rings. The molecule has 1 atom stereocenters. The van der Waals surface area contributed by atoms with Gasteiger partial charge in [0.25, 0.3) is 5.24 Å². The van der Waals surface area contributed by atoms with Crippen LogP contribution in [0.4, 0.5) is 13.6 Å². The number of imide groups is 1. The van der Waals surface area contributed by atoms with Gasteiger partial charge >= 0.3 is 0 Å². The van der Waals surface area contributed by atoms with Crippen molar-refractivity contribution < 1.29 is 18.4 Å². The second kappa shape index (κ2) is 6.50. The Labute approximate surface area is 136 Å². The van der Waals surface area contributed by atoms with Crippen molar-refractivity contribution in [2.75, 3.05) is 0 Å². The van der Waals surface area contributed by atoms with Gasteiger partial charge in [-0.05, 0) is 41.8 Å². The summed E-state index contributed by atoms with van der Waals surface area (Å²) in [7, 11) is 0. The lowest BCUT2D eigenvalue weighted by atomic mass is 10.1. The van der Waals surface area contributed by atoms with E-state index in [9.17, 15) is 18.4 Å². The largest absolute Gasteiger partial charge is 0.289 e. The van der Waals surface area contributed by atoms with Crippen LogP contribution in [0, 0.1) is 11.6 Å². The number of nitrogens with zero attached hydrogens (tertiary/aromatic N) is 1. The minimum atomic E-state index is -0.506. The topological polar surface area (TPSA) is 37.4 Å². The van der Waals surface area contributed by atoms with Crippen LogP contribution in [0.2, 0.25) is 0 Å². The number of carbonyl (C=O) groups is 2. The molecule has 0 spiro atoms. The summed E-state index contributed by atoms with van der Waals surface area (Å²) in [5, 5.41) is -0.820. The fourth-order valence-electron chi connectivity index (χ4n) is 2.38. The average molecular weight is 333 g/mol. The van der Waals surface area contributed by atoms with E-state index < -0.39 is 5.25 Å². The fraction of sp³-hybridized carbons (Fsp3) is 0.176. The summed E-state index contributed by atoms with van der Waals surface area (Å²) < 4.78 is 25.8. The summed E-state index contributed by atoms with van der Waals surface area (Å²) in [5.41, 5.74) is 1.49. The summed E-state index contributed by atoms with van der Waals surface area (Å²) in [6, 6.07) is 11.6. The van der Waals surface area contributed by atoms with Crippen LogP contribution < -0.4 is 0 Å². The Morgan fingerprint density at radius 1 is 0.870 bits per heavy atom. The number of halogens is 2. The Morgan fingerprint density at radius 2 is 1.39 bits per heavy atom. The third-order valence-corrected chi connectivity index (χ3v) is 4.67. The molecule has 23 heavy (non-hydrogen) atoms. The number of hydrogen-bond acceptors (Lipinski definition) is 3. The second-order valence-corrected chi connectivity index (χ2v) is 6.41. The van der Waals surface area contributed by atoms with E-state index in [0.29, 0.717) is 12.0 Å². The van der Waals surface area contributed by atoms with Gasteiger partial charge in [-0.15, -0.1) is 0 Å². The van der Waals surface area contributed by atoms with Gasteiger partial charge in [-0.25, -0.2) is 8.78 Å². The predicted octanol–water partition coefficient (Wildman–Crippen LogP) is 3.77. The van der Waals surface area contributed by atoms with Crippen LogP contribution in [0.15, 0.2) is 48.5 Å². The summed E-state index contributed by atoms with van der Waals surface area (Å²) in [5.74, 6) is -0.974. The summed E-state index contributed by atoms with van der Waals surface area (Å²) in [6.07, 6.45) is 0.370. The predicted molar refractivity (Wildman–Crippen MR) is 83.8 cm³/mol. The molecule has 3 nitrogen and oxygen atoms in total. The van der Waals surface area contributed by atoms with E-state index in [0.717, 1.165) is 17.3 Å². The summed E-state index contributed by atoms with van der Waals surface area (Å²) >= 11 is 0.973. The van der Waals surface area contributed by atoms with Crippen LogP contribution in [0.5, 0.6) is 0 Å². The summed E-state index contributed by atoms with van der Waals surface area (Å²) in [6.45, 7) is 0.130. The zero-order valence-corrected chi connectivity index (χ0v) is 12.9. The van der Waals surface area contributed by atoms with Crippen molar-refractivity contribution in [1.82, 2.24) is 4.90 Å². The molecule has 118 valence electrons. The van der Waals surface area contributed by atoms with Crippen molar-refractivity contribution >= 4 is 22.9 Å². The zero-order valence-electron chi connectivity index (χ0n) is 12.0. The highest BCUT2D eigenvalue weighted by Crippen LogP contribution is 2.30. The Morgan fingerprint density at radius 3 is 1.96 bits per heavy atom. The van der Waals surface area contributed by atoms with Crippen molar-refractivity contribution in [1.29, 1.82) is 0 Å². The smallest absolute Gasteiger partial charge is 0.273 e. The molecular weight excluding hydrogens is 320 g/mol. The maximum atomic E-state index is 12.9. The standard InChI is InChI=1S/C17H13F2NO2S/c18-13-5-1-11(2-6-13)9-15-16(21)20(17(22)23-15)10-12-3-7-14(19)8-4-12/h1-8,15H,9-10H2/t15-/m1/s1. The van der Waals surface area contributed by atoms with Gasteiger partial charge in [0.1, 0.15) is 11.6 Å². The van der Waals surface area contributed by atoms with Crippen molar-refractivity contribution in [2.45, 2.75) is 18.2 Å². The van der Waals surface area contributed by atoms with E-state index in [-0.39, 0.29) is 29.3 Å². The van der Waals surface area contributed by atoms with Crippen LogP contribution in [-0.2, 0) is 17.8 Å². The van der Waals surface area contributed by atoms with Gasteiger partial charge < -0.3 is 0 Å². The molecule has 1 heterocycles. The maximum Gasteiger partial charge on any atom is 0.289 e. The number of hydrogen-bond donors (Lipinski definition) is 0. The molecule has 1 saturated heterocycles. The molecule has 1 aliphatic heterocycles. The first-order valence-corrected chi connectivity index (χ1v) is 7.92. The normalized spacial score (nSPS) is 17.8. The molecule has 2 aromatic carbocycles. The van der Waals surface area contributed by atoms with Crippen molar-refractivity contribution in [2.24, 2.45) is 0 Å². The van der Waals surface area contributed by atoms with E-state index in [2.05, 4.69) is 0 Å². The summed E-state index contributed by atoms with van der Waals surface area (Å²) in [4.78, 5) is 25.6. The Kier molecular flexibility index (Phi) is 4.43. The van der Waals surface area contributed by atoms with E-state index in [1.54, 1.807) is 24.3 Å². The number of rotatable bonds is 4. The highest BCUT2D eigenvalue weighted by molar-refractivity contribution is 8.15. The molecule has 0 bridgehead atoms.